The number of nitrogens with one attached hydrogen (secondary N) is 2. The van der Waals surface area contributed by atoms with Crippen molar-refractivity contribution in [3.63, 3.8) is 0 Å². The van der Waals surface area contributed by atoms with E-state index in [9.17, 15) is 4.79 Å². The van der Waals surface area contributed by atoms with Gasteiger partial charge in [0.05, 0.1) is 6.10 Å². The number of carbonyl (C=O) groups excluding carboxylic acids is 1. The molecule has 2 rings (SSSR count). The molecule has 1 aliphatic carbocycles. The molecule has 1 amide bonds. The van der Waals surface area contributed by atoms with Crippen LogP contribution < -0.4 is 10.6 Å². The topological polar surface area (TPSA) is 76.1 Å². The molecule has 1 heterocycles. The van der Waals surface area contributed by atoms with E-state index in [0.717, 1.165) is 19.4 Å². The summed E-state index contributed by atoms with van der Waals surface area (Å²) >= 11 is 1.29. The van der Waals surface area contributed by atoms with Crippen molar-refractivity contribution >= 4 is 22.4 Å². The Bertz CT molecular complexity index is 489. The Labute approximate surface area is 129 Å². The van der Waals surface area contributed by atoms with Gasteiger partial charge in [0.15, 0.2) is 0 Å². The third-order valence-electron chi connectivity index (χ3n) is 4.00. The molecular weight excluding hydrogens is 288 g/mol. The Hall–Kier alpha value is -1.21. The number of amides is 1. The van der Waals surface area contributed by atoms with Gasteiger partial charge in [-0.05, 0) is 19.8 Å². The standard InChI is InChI=1S/C14H24N4O2S/c1-5-7-15-13-18-17-12(21-13)11(19)16-9-8-10(20-6-2)14(9,3)4/h9-10H,5-8H2,1-4H3,(H,15,18)(H,16,19). The minimum Gasteiger partial charge on any atom is -0.378 e. The summed E-state index contributed by atoms with van der Waals surface area (Å²) < 4.78 is 5.67. The van der Waals surface area contributed by atoms with Gasteiger partial charge in [0.1, 0.15) is 0 Å². The summed E-state index contributed by atoms with van der Waals surface area (Å²) in [6.45, 7) is 9.86. The first-order valence-electron chi connectivity index (χ1n) is 7.48. The van der Waals surface area contributed by atoms with Crippen molar-refractivity contribution < 1.29 is 9.53 Å². The summed E-state index contributed by atoms with van der Waals surface area (Å²) in [5, 5.41) is 15.2. The van der Waals surface area contributed by atoms with Crippen LogP contribution in [0, 0.1) is 5.41 Å². The third kappa shape index (κ3) is 3.52. The van der Waals surface area contributed by atoms with E-state index in [1.807, 2.05) is 6.92 Å². The van der Waals surface area contributed by atoms with Crippen molar-refractivity contribution in [2.24, 2.45) is 5.41 Å². The highest BCUT2D eigenvalue weighted by Crippen LogP contribution is 2.42. The lowest BCUT2D eigenvalue weighted by Crippen LogP contribution is -2.62. The Morgan fingerprint density at radius 2 is 2.19 bits per heavy atom. The minimum absolute atomic E-state index is 0.0420. The van der Waals surface area contributed by atoms with E-state index in [1.54, 1.807) is 0 Å². The maximum atomic E-state index is 12.2. The summed E-state index contributed by atoms with van der Waals surface area (Å²) in [7, 11) is 0. The molecule has 0 bridgehead atoms. The van der Waals surface area contributed by atoms with Gasteiger partial charge in [-0.25, -0.2) is 0 Å². The van der Waals surface area contributed by atoms with Crippen molar-refractivity contribution in [3.05, 3.63) is 5.01 Å². The summed E-state index contributed by atoms with van der Waals surface area (Å²) in [4.78, 5) is 12.2. The molecule has 7 heteroatoms. The molecular formula is C14H24N4O2S. The molecule has 1 aromatic heterocycles. The molecule has 118 valence electrons. The molecule has 2 unspecified atom stereocenters. The van der Waals surface area contributed by atoms with Crippen LogP contribution in [0.15, 0.2) is 0 Å². The fourth-order valence-electron chi connectivity index (χ4n) is 2.45. The van der Waals surface area contributed by atoms with Crippen LogP contribution in [0.25, 0.3) is 0 Å². The number of nitrogens with zero attached hydrogens (tertiary/aromatic N) is 2. The molecule has 0 aromatic carbocycles. The Morgan fingerprint density at radius 1 is 1.43 bits per heavy atom. The van der Waals surface area contributed by atoms with Crippen LogP contribution in [0.4, 0.5) is 5.13 Å². The Balaban J connectivity index is 1.89. The van der Waals surface area contributed by atoms with Gasteiger partial charge in [-0.2, -0.15) is 0 Å². The van der Waals surface area contributed by atoms with Crippen molar-refractivity contribution in [1.82, 2.24) is 15.5 Å². The Kier molecular flexibility index (Phi) is 5.16. The number of anilines is 1. The van der Waals surface area contributed by atoms with Gasteiger partial charge in [-0.1, -0.05) is 32.1 Å². The fourth-order valence-corrected chi connectivity index (χ4v) is 3.13. The van der Waals surface area contributed by atoms with E-state index < -0.39 is 0 Å². The van der Waals surface area contributed by atoms with Gasteiger partial charge in [0, 0.05) is 24.6 Å². The maximum Gasteiger partial charge on any atom is 0.282 e. The van der Waals surface area contributed by atoms with Crippen molar-refractivity contribution in [2.75, 3.05) is 18.5 Å². The van der Waals surface area contributed by atoms with Crippen LogP contribution in [0.2, 0.25) is 0 Å². The number of aromatic nitrogens is 2. The van der Waals surface area contributed by atoms with Crippen LogP contribution in [0.3, 0.4) is 0 Å². The molecule has 0 saturated heterocycles. The quantitative estimate of drug-likeness (QED) is 0.808. The van der Waals surface area contributed by atoms with Gasteiger partial charge < -0.3 is 15.4 Å². The fraction of sp³-hybridized carbons (Fsp3) is 0.786. The number of hydrogen-bond acceptors (Lipinski definition) is 6. The monoisotopic (exact) mass is 312 g/mol. The molecule has 2 atom stereocenters. The normalized spacial score (nSPS) is 23.4. The van der Waals surface area contributed by atoms with E-state index in [0.29, 0.717) is 16.7 Å². The second kappa shape index (κ2) is 6.70. The van der Waals surface area contributed by atoms with Gasteiger partial charge in [0.25, 0.3) is 5.91 Å². The zero-order valence-corrected chi connectivity index (χ0v) is 13.9. The second-order valence-electron chi connectivity index (χ2n) is 5.87. The van der Waals surface area contributed by atoms with E-state index in [1.165, 1.54) is 11.3 Å². The summed E-state index contributed by atoms with van der Waals surface area (Å²) in [5.74, 6) is -0.148. The smallest absolute Gasteiger partial charge is 0.282 e. The van der Waals surface area contributed by atoms with Gasteiger partial charge in [-0.3, -0.25) is 4.79 Å². The van der Waals surface area contributed by atoms with Crippen molar-refractivity contribution in [3.8, 4) is 0 Å². The molecule has 0 spiro atoms. The second-order valence-corrected chi connectivity index (χ2v) is 6.84. The van der Waals surface area contributed by atoms with E-state index in [-0.39, 0.29) is 23.5 Å². The number of ether oxygens (including phenoxy) is 1. The highest BCUT2D eigenvalue weighted by atomic mass is 32.1. The summed E-state index contributed by atoms with van der Waals surface area (Å²) in [6, 6.07) is 0.123. The van der Waals surface area contributed by atoms with Crippen LogP contribution in [0.1, 0.15) is 50.3 Å². The average Bonchev–Trinajstić information content (AvgIpc) is 2.92. The number of carbonyl (C=O) groups is 1. The van der Waals surface area contributed by atoms with E-state index in [2.05, 4.69) is 41.6 Å². The predicted octanol–water partition coefficient (Wildman–Crippen LogP) is 2.29. The highest BCUT2D eigenvalue weighted by molar-refractivity contribution is 7.17. The van der Waals surface area contributed by atoms with Gasteiger partial charge >= 0.3 is 0 Å². The summed E-state index contributed by atoms with van der Waals surface area (Å²) in [6.07, 6.45) is 2.08. The van der Waals surface area contributed by atoms with E-state index in [4.69, 9.17) is 4.74 Å². The molecule has 0 aliphatic heterocycles. The number of hydrogen-bond donors (Lipinski definition) is 2. The minimum atomic E-state index is -0.148. The summed E-state index contributed by atoms with van der Waals surface area (Å²) in [5.41, 5.74) is -0.0420. The molecule has 0 radical (unpaired) electrons. The Morgan fingerprint density at radius 3 is 2.81 bits per heavy atom. The third-order valence-corrected chi connectivity index (χ3v) is 4.88. The first-order valence-corrected chi connectivity index (χ1v) is 8.30. The molecule has 1 aliphatic rings. The largest absolute Gasteiger partial charge is 0.378 e. The van der Waals surface area contributed by atoms with Crippen LogP contribution in [-0.4, -0.2) is 41.4 Å². The van der Waals surface area contributed by atoms with Crippen LogP contribution in [-0.2, 0) is 4.74 Å². The maximum absolute atomic E-state index is 12.2. The zero-order chi connectivity index (χ0) is 15.5. The van der Waals surface area contributed by atoms with Gasteiger partial charge in [-0.15, -0.1) is 10.2 Å². The van der Waals surface area contributed by atoms with Crippen molar-refractivity contribution in [2.45, 2.75) is 52.7 Å². The lowest BCUT2D eigenvalue weighted by molar-refractivity contribution is -0.111. The zero-order valence-electron chi connectivity index (χ0n) is 13.1. The first kappa shape index (κ1) is 16.2. The molecule has 2 N–H and O–H groups in total. The predicted molar refractivity (Wildman–Crippen MR) is 83.8 cm³/mol. The molecule has 1 fully saturated rings. The average molecular weight is 312 g/mol. The first-order chi connectivity index (χ1) is 9.98. The van der Waals surface area contributed by atoms with Crippen LogP contribution in [0.5, 0.6) is 0 Å². The van der Waals surface area contributed by atoms with Crippen LogP contribution >= 0.6 is 11.3 Å². The number of rotatable bonds is 7. The lowest BCUT2D eigenvalue weighted by Gasteiger charge is -2.51. The van der Waals surface area contributed by atoms with Crippen molar-refractivity contribution in [1.29, 1.82) is 0 Å². The van der Waals surface area contributed by atoms with E-state index >= 15 is 0 Å². The SMILES string of the molecule is CCCNc1nnc(C(=O)NC2CC(OCC)C2(C)C)s1. The highest BCUT2D eigenvalue weighted by Gasteiger charge is 2.49. The molecule has 6 nitrogen and oxygen atoms in total. The molecule has 1 saturated carbocycles. The molecule has 21 heavy (non-hydrogen) atoms. The lowest BCUT2D eigenvalue weighted by atomic mass is 9.64. The van der Waals surface area contributed by atoms with Gasteiger partial charge in [0.2, 0.25) is 10.1 Å². The molecule has 1 aromatic rings.